The van der Waals surface area contributed by atoms with Gasteiger partial charge < -0.3 is 19.3 Å². The number of methoxy groups -OCH3 is 1. The minimum atomic E-state index is -1.47. The van der Waals surface area contributed by atoms with E-state index in [0.717, 1.165) is 12.8 Å². The smallest absolute Gasteiger partial charge is 0.335 e. The van der Waals surface area contributed by atoms with Crippen molar-refractivity contribution in [3.05, 3.63) is 0 Å². The number of hydrogen-bond donors (Lipinski definition) is 1. The SMILES string of the molecule is CCCCOCCOC(=O)C(O)CC(=O)OC. The van der Waals surface area contributed by atoms with Gasteiger partial charge in [-0.3, -0.25) is 4.79 Å². The molecule has 1 N–H and O–H groups in total. The van der Waals surface area contributed by atoms with Crippen LogP contribution in [0.2, 0.25) is 0 Å². The Morgan fingerprint density at radius 1 is 1.24 bits per heavy atom. The van der Waals surface area contributed by atoms with Crippen LogP contribution in [-0.2, 0) is 23.8 Å². The van der Waals surface area contributed by atoms with E-state index in [0.29, 0.717) is 6.61 Å². The maximum absolute atomic E-state index is 11.1. The van der Waals surface area contributed by atoms with Gasteiger partial charge in [0, 0.05) is 6.61 Å². The third-order valence-electron chi connectivity index (χ3n) is 1.97. The van der Waals surface area contributed by atoms with Crippen molar-refractivity contribution in [1.82, 2.24) is 0 Å². The largest absolute Gasteiger partial charge is 0.469 e. The summed E-state index contributed by atoms with van der Waals surface area (Å²) in [5.74, 6) is -1.50. The fraction of sp³-hybridized carbons (Fsp3) is 0.818. The number of carbonyl (C=O) groups excluding carboxylic acids is 2. The Balaban J connectivity index is 3.54. The molecule has 17 heavy (non-hydrogen) atoms. The van der Waals surface area contributed by atoms with Crippen molar-refractivity contribution >= 4 is 11.9 Å². The van der Waals surface area contributed by atoms with E-state index in [-0.39, 0.29) is 13.2 Å². The van der Waals surface area contributed by atoms with Crippen molar-refractivity contribution in [3.8, 4) is 0 Å². The molecule has 0 aliphatic heterocycles. The van der Waals surface area contributed by atoms with Gasteiger partial charge in [0.2, 0.25) is 0 Å². The van der Waals surface area contributed by atoms with Gasteiger partial charge in [0.05, 0.1) is 20.1 Å². The van der Waals surface area contributed by atoms with Gasteiger partial charge in [-0.1, -0.05) is 13.3 Å². The standard InChI is InChI=1S/C11H20O6/c1-3-4-5-16-6-7-17-11(14)9(12)8-10(13)15-2/h9,12H,3-8H2,1-2H3. The second-order valence-corrected chi connectivity index (χ2v) is 3.43. The lowest BCUT2D eigenvalue weighted by Gasteiger charge is -2.09. The van der Waals surface area contributed by atoms with Crippen molar-refractivity contribution < 1.29 is 28.9 Å². The number of carbonyl (C=O) groups is 2. The van der Waals surface area contributed by atoms with E-state index in [4.69, 9.17) is 9.47 Å². The molecule has 0 radical (unpaired) electrons. The lowest BCUT2D eigenvalue weighted by Crippen LogP contribution is -2.27. The van der Waals surface area contributed by atoms with E-state index in [2.05, 4.69) is 4.74 Å². The molecule has 0 bridgehead atoms. The van der Waals surface area contributed by atoms with Crippen molar-refractivity contribution in [3.63, 3.8) is 0 Å². The third kappa shape index (κ3) is 8.65. The lowest BCUT2D eigenvalue weighted by molar-refractivity contribution is -0.160. The van der Waals surface area contributed by atoms with E-state index in [1.807, 2.05) is 6.92 Å². The topological polar surface area (TPSA) is 82.1 Å². The summed E-state index contributed by atoms with van der Waals surface area (Å²) >= 11 is 0. The second kappa shape index (κ2) is 10.0. The molecule has 0 aromatic rings. The molecule has 0 aromatic carbocycles. The van der Waals surface area contributed by atoms with Gasteiger partial charge >= 0.3 is 11.9 Å². The molecule has 0 rings (SSSR count). The molecule has 0 aromatic heterocycles. The van der Waals surface area contributed by atoms with Gasteiger partial charge in [-0.2, -0.15) is 0 Å². The van der Waals surface area contributed by atoms with Gasteiger partial charge in [0.1, 0.15) is 6.61 Å². The highest BCUT2D eigenvalue weighted by atomic mass is 16.6. The lowest BCUT2D eigenvalue weighted by atomic mass is 10.2. The van der Waals surface area contributed by atoms with E-state index < -0.39 is 24.5 Å². The molecule has 1 atom stereocenters. The first kappa shape index (κ1) is 15.9. The summed E-state index contributed by atoms with van der Waals surface area (Å²) in [7, 11) is 1.18. The first-order chi connectivity index (χ1) is 8.11. The van der Waals surface area contributed by atoms with Crippen LogP contribution in [0, 0.1) is 0 Å². The summed E-state index contributed by atoms with van der Waals surface area (Å²) in [6, 6.07) is 0. The van der Waals surface area contributed by atoms with Crippen LogP contribution < -0.4 is 0 Å². The minimum absolute atomic E-state index is 0.0702. The first-order valence-corrected chi connectivity index (χ1v) is 5.61. The zero-order valence-corrected chi connectivity index (χ0v) is 10.3. The Morgan fingerprint density at radius 2 is 1.94 bits per heavy atom. The number of unbranched alkanes of at least 4 members (excludes halogenated alkanes) is 1. The van der Waals surface area contributed by atoms with Crippen LogP contribution in [-0.4, -0.2) is 50.1 Å². The highest BCUT2D eigenvalue weighted by Crippen LogP contribution is 1.97. The van der Waals surface area contributed by atoms with Crippen LogP contribution in [0.4, 0.5) is 0 Å². The minimum Gasteiger partial charge on any atom is -0.469 e. The zero-order valence-electron chi connectivity index (χ0n) is 10.3. The Hall–Kier alpha value is -1.14. The van der Waals surface area contributed by atoms with Gasteiger partial charge in [-0.15, -0.1) is 0 Å². The van der Waals surface area contributed by atoms with Crippen molar-refractivity contribution in [2.24, 2.45) is 0 Å². The Morgan fingerprint density at radius 3 is 2.53 bits per heavy atom. The molecule has 0 aliphatic rings. The van der Waals surface area contributed by atoms with Crippen LogP contribution in [0.15, 0.2) is 0 Å². The highest BCUT2D eigenvalue weighted by molar-refractivity contribution is 5.81. The van der Waals surface area contributed by atoms with E-state index in [1.165, 1.54) is 7.11 Å². The quantitative estimate of drug-likeness (QED) is 0.466. The fourth-order valence-electron chi connectivity index (χ4n) is 0.970. The average Bonchev–Trinajstić information content (AvgIpc) is 2.32. The van der Waals surface area contributed by atoms with E-state index in [9.17, 15) is 14.7 Å². The summed E-state index contributed by atoms with van der Waals surface area (Å²) in [6.07, 6.45) is 0.126. The predicted octanol–water partition coefficient (Wildman–Crippen LogP) is 0.270. The molecule has 1 unspecified atom stereocenters. The Kier molecular flexibility index (Phi) is 9.37. The Labute approximate surface area is 101 Å². The summed E-state index contributed by atoms with van der Waals surface area (Å²) < 4.78 is 14.2. The van der Waals surface area contributed by atoms with Gasteiger partial charge in [0.25, 0.3) is 0 Å². The Bertz CT molecular complexity index is 228. The molecule has 0 aliphatic carbocycles. The predicted molar refractivity (Wildman–Crippen MR) is 59.3 cm³/mol. The number of hydrogen-bond acceptors (Lipinski definition) is 6. The molecule has 0 amide bonds. The number of aliphatic hydroxyl groups is 1. The second-order valence-electron chi connectivity index (χ2n) is 3.43. The molecular weight excluding hydrogens is 228 g/mol. The van der Waals surface area contributed by atoms with Crippen LogP contribution in [0.25, 0.3) is 0 Å². The normalized spacial score (nSPS) is 11.9. The molecule has 6 heteroatoms. The first-order valence-electron chi connectivity index (χ1n) is 5.61. The summed E-state index contributed by atoms with van der Waals surface area (Å²) in [5, 5.41) is 9.24. The third-order valence-corrected chi connectivity index (χ3v) is 1.97. The van der Waals surface area contributed by atoms with Crippen LogP contribution in [0.1, 0.15) is 26.2 Å². The maximum Gasteiger partial charge on any atom is 0.335 e. The molecule has 0 heterocycles. The maximum atomic E-state index is 11.1. The van der Waals surface area contributed by atoms with Gasteiger partial charge in [0.15, 0.2) is 6.10 Å². The highest BCUT2D eigenvalue weighted by Gasteiger charge is 2.20. The molecular formula is C11H20O6. The fourth-order valence-corrected chi connectivity index (χ4v) is 0.970. The van der Waals surface area contributed by atoms with E-state index >= 15 is 0 Å². The molecule has 0 saturated carbocycles. The van der Waals surface area contributed by atoms with Crippen LogP contribution >= 0.6 is 0 Å². The zero-order chi connectivity index (χ0) is 13.1. The van der Waals surface area contributed by atoms with E-state index in [1.54, 1.807) is 0 Å². The molecule has 0 fully saturated rings. The molecule has 0 spiro atoms. The monoisotopic (exact) mass is 248 g/mol. The number of aliphatic hydroxyl groups excluding tert-OH is 1. The summed E-state index contributed by atoms with van der Waals surface area (Å²) in [5.41, 5.74) is 0. The molecule has 0 saturated heterocycles. The van der Waals surface area contributed by atoms with Crippen molar-refractivity contribution in [2.75, 3.05) is 26.9 Å². The molecule has 6 nitrogen and oxygen atoms in total. The van der Waals surface area contributed by atoms with Crippen molar-refractivity contribution in [1.29, 1.82) is 0 Å². The number of ether oxygens (including phenoxy) is 3. The van der Waals surface area contributed by atoms with Crippen LogP contribution in [0.5, 0.6) is 0 Å². The summed E-state index contributed by atoms with van der Waals surface area (Å²) in [6.45, 7) is 3.03. The van der Waals surface area contributed by atoms with Gasteiger partial charge in [-0.05, 0) is 6.42 Å². The number of rotatable bonds is 9. The number of esters is 2. The summed E-state index contributed by atoms with van der Waals surface area (Å²) in [4.78, 5) is 21.9. The van der Waals surface area contributed by atoms with Crippen molar-refractivity contribution in [2.45, 2.75) is 32.3 Å². The average molecular weight is 248 g/mol. The molecule has 100 valence electrons. The van der Waals surface area contributed by atoms with Crippen LogP contribution in [0.3, 0.4) is 0 Å². The van der Waals surface area contributed by atoms with Gasteiger partial charge in [-0.25, -0.2) is 4.79 Å².